The van der Waals surface area contributed by atoms with Crippen molar-refractivity contribution < 1.29 is 28.6 Å². The van der Waals surface area contributed by atoms with Gasteiger partial charge in [-0.25, -0.2) is 0 Å². The molecule has 1 aliphatic heterocycles. The monoisotopic (exact) mass is 428 g/mol. The van der Waals surface area contributed by atoms with Crippen LogP contribution in [0.4, 0.5) is 0 Å². The van der Waals surface area contributed by atoms with Crippen molar-refractivity contribution in [2.75, 3.05) is 13.2 Å². The van der Waals surface area contributed by atoms with E-state index in [4.69, 9.17) is 14.2 Å². The van der Waals surface area contributed by atoms with Gasteiger partial charge in [0.2, 0.25) is 0 Å². The summed E-state index contributed by atoms with van der Waals surface area (Å²) >= 11 is 0. The number of fused-ring (bicyclic) bond motifs is 6. The SMILES string of the molecule is CCO[C@]1(C)OCC(=O)[C@]2(CC[C@H]3[C@@H]4CCC5=CC(=O)C=C[C@]5(C)[C@H]4C(=O)C[C@@]32C)O1. The van der Waals surface area contributed by atoms with Crippen molar-refractivity contribution in [3.8, 4) is 0 Å². The third kappa shape index (κ3) is 2.71. The van der Waals surface area contributed by atoms with Gasteiger partial charge < -0.3 is 14.2 Å². The van der Waals surface area contributed by atoms with Gasteiger partial charge in [-0.15, -0.1) is 0 Å². The number of ketones is 3. The first kappa shape index (κ1) is 21.2. The molecule has 6 nitrogen and oxygen atoms in total. The number of rotatable bonds is 2. The smallest absolute Gasteiger partial charge is 0.281 e. The van der Waals surface area contributed by atoms with Crippen molar-refractivity contribution >= 4 is 17.3 Å². The fraction of sp³-hybridized carbons (Fsp3) is 0.720. The molecule has 168 valence electrons. The quantitative estimate of drug-likeness (QED) is 0.669. The van der Waals surface area contributed by atoms with E-state index in [-0.39, 0.29) is 41.7 Å². The summed E-state index contributed by atoms with van der Waals surface area (Å²) in [5.41, 5.74) is -0.981. The van der Waals surface area contributed by atoms with Gasteiger partial charge in [-0.3, -0.25) is 14.4 Å². The normalized spacial score (nSPS) is 49.0. The minimum atomic E-state index is -1.28. The van der Waals surface area contributed by atoms with Crippen LogP contribution in [0.5, 0.6) is 0 Å². The van der Waals surface area contributed by atoms with Crippen molar-refractivity contribution in [1.82, 2.24) is 0 Å². The maximum absolute atomic E-state index is 13.8. The number of carbonyl (C=O) groups is 3. The van der Waals surface area contributed by atoms with E-state index < -0.39 is 22.4 Å². The van der Waals surface area contributed by atoms with Gasteiger partial charge in [0.25, 0.3) is 5.97 Å². The first-order chi connectivity index (χ1) is 14.6. The van der Waals surface area contributed by atoms with Crippen LogP contribution in [0.1, 0.15) is 59.8 Å². The first-order valence-corrected chi connectivity index (χ1v) is 11.6. The summed E-state index contributed by atoms with van der Waals surface area (Å²) in [4.78, 5) is 39.0. The van der Waals surface area contributed by atoms with Crippen LogP contribution in [-0.4, -0.2) is 42.1 Å². The van der Waals surface area contributed by atoms with Gasteiger partial charge in [-0.1, -0.05) is 25.5 Å². The van der Waals surface area contributed by atoms with E-state index in [1.54, 1.807) is 19.1 Å². The maximum atomic E-state index is 13.8. The summed E-state index contributed by atoms with van der Waals surface area (Å²) in [5, 5.41) is 0. The Morgan fingerprint density at radius 1 is 1.16 bits per heavy atom. The molecule has 3 saturated carbocycles. The van der Waals surface area contributed by atoms with Crippen LogP contribution < -0.4 is 0 Å². The summed E-state index contributed by atoms with van der Waals surface area (Å²) < 4.78 is 17.8. The second kappa shape index (κ2) is 6.69. The van der Waals surface area contributed by atoms with E-state index in [1.807, 2.05) is 13.0 Å². The molecule has 7 atom stereocenters. The third-order valence-electron chi connectivity index (χ3n) is 9.06. The Hall–Kier alpha value is -1.63. The molecule has 1 heterocycles. The molecular formula is C25H32O6. The molecule has 31 heavy (non-hydrogen) atoms. The van der Waals surface area contributed by atoms with E-state index in [2.05, 4.69) is 13.8 Å². The van der Waals surface area contributed by atoms with Gasteiger partial charge in [0.1, 0.15) is 18.0 Å². The van der Waals surface area contributed by atoms with Gasteiger partial charge in [-0.2, -0.15) is 0 Å². The zero-order chi connectivity index (χ0) is 22.2. The van der Waals surface area contributed by atoms with E-state index in [0.29, 0.717) is 19.4 Å². The van der Waals surface area contributed by atoms with Crippen molar-refractivity contribution in [2.24, 2.45) is 28.6 Å². The highest BCUT2D eigenvalue weighted by Gasteiger charge is 2.71. The standard InChI is InChI=1S/C25H32O6/c1-5-29-24(4)30-14-20(28)25(31-24)11-9-18-17-7-6-15-12-16(26)8-10-22(15,2)21(17)19(27)13-23(18,25)3/h8,10,12,17-18,21H,5-7,9,11,13-14H2,1-4H3/t17-,18-,21+,22-,23-,24+,25-/m0/s1. The molecular weight excluding hydrogens is 396 g/mol. The molecule has 5 rings (SSSR count). The number of hydrogen-bond acceptors (Lipinski definition) is 6. The lowest BCUT2D eigenvalue weighted by molar-refractivity contribution is -0.419. The molecule has 0 N–H and O–H groups in total. The van der Waals surface area contributed by atoms with Crippen molar-refractivity contribution in [3.05, 3.63) is 23.8 Å². The van der Waals surface area contributed by atoms with Crippen LogP contribution in [0, 0.1) is 28.6 Å². The molecule has 4 aliphatic carbocycles. The summed E-state index contributed by atoms with van der Waals surface area (Å²) in [6, 6.07) is 0. The zero-order valence-corrected chi connectivity index (χ0v) is 18.9. The Morgan fingerprint density at radius 2 is 1.94 bits per heavy atom. The zero-order valence-electron chi connectivity index (χ0n) is 18.9. The Bertz CT molecular complexity index is 919. The van der Waals surface area contributed by atoms with Crippen molar-refractivity contribution in [3.63, 3.8) is 0 Å². The maximum Gasteiger partial charge on any atom is 0.281 e. The van der Waals surface area contributed by atoms with E-state index >= 15 is 0 Å². The first-order valence-electron chi connectivity index (χ1n) is 11.6. The van der Waals surface area contributed by atoms with E-state index in [9.17, 15) is 14.4 Å². The van der Waals surface area contributed by atoms with E-state index in [0.717, 1.165) is 24.8 Å². The fourth-order valence-electron chi connectivity index (χ4n) is 7.69. The molecule has 0 unspecified atom stereocenters. The Balaban J connectivity index is 1.54. The van der Waals surface area contributed by atoms with Gasteiger partial charge in [0.05, 0.1) is 0 Å². The summed E-state index contributed by atoms with van der Waals surface area (Å²) in [7, 11) is 0. The summed E-state index contributed by atoms with van der Waals surface area (Å²) in [6.07, 6.45) is 8.71. The Morgan fingerprint density at radius 3 is 2.68 bits per heavy atom. The second-order valence-corrected chi connectivity index (χ2v) is 10.5. The minimum absolute atomic E-state index is 0.00949. The number of carbonyl (C=O) groups excluding carboxylic acids is 3. The van der Waals surface area contributed by atoms with Crippen LogP contribution in [0.25, 0.3) is 0 Å². The molecule has 5 aliphatic rings. The minimum Gasteiger partial charge on any atom is -0.328 e. The molecule has 0 aromatic carbocycles. The summed E-state index contributed by atoms with van der Waals surface area (Å²) in [6.45, 7) is 8.11. The average molecular weight is 429 g/mol. The topological polar surface area (TPSA) is 78.9 Å². The molecule has 0 radical (unpaired) electrons. The molecule has 0 bridgehead atoms. The van der Waals surface area contributed by atoms with Crippen molar-refractivity contribution in [2.45, 2.75) is 71.4 Å². The van der Waals surface area contributed by atoms with Crippen LogP contribution in [-0.2, 0) is 28.6 Å². The van der Waals surface area contributed by atoms with Gasteiger partial charge in [0, 0.05) is 36.7 Å². The molecule has 4 fully saturated rings. The van der Waals surface area contributed by atoms with Gasteiger partial charge >= 0.3 is 0 Å². The number of hydrogen-bond donors (Lipinski definition) is 0. The number of allylic oxidation sites excluding steroid dienone is 4. The second-order valence-electron chi connectivity index (χ2n) is 10.5. The lowest BCUT2D eigenvalue weighted by Crippen LogP contribution is -2.66. The van der Waals surface area contributed by atoms with Gasteiger partial charge in [0.15, 0.2) is 11.6 Å². The number of ether oxygens (including phenoxy) is 3. The molecule has 0 aromatic heterocycles. The fourth-order valence-corrected chi connectivity index (χ4v) is 7.69. The van der Waals surface area contributed by atoms with E-state index in [1.165, 1.54) is 0 Å². The van der Waals surface area contributed by atoms with Crippen LogP contribution in [0.3, 0.4) is 0 Å². The predicted molar refractivity (Wildman–Crippen MR) is 112 cm³/mol. The lowest BCUT2D eigenvalue weighted by Gasteiger charge is -2.58. The van der Waals surface area contributed by atoms with Crippen LogP contribution in [0.2, 0.25) is 0 Å². The molecule has 6 heteroatoms. The van der Waals surface area contributed by atoms with Gasteiger partial charge in [-0.05, 0) is 56.6 Å². The molecule has 1 saturated heterocycles. The van der Waals surface area contributed by atoms with Crippen molar-refractivity contribution in [1.29, 1.82) is 0 Å². The summed E-state index contributed by atoms with van der Waals surface area (Å²) in [5.74, 6) is -0.949. The predicted octanol–water partition coefficient (Wildman–Crippen LogP) is 3.54. The molecule has 1 spiro atoms. The highest BCUT2D eigenvalue weighted by atomic mass is 16.9. The molecule has 0 amide bonds. The third-order valence-corrected chi connectivity index (χ3v) is 9.06. The highest BCUT2D eigenvalue weighted by Crippen LogP contribution is 2.67. The highest BCUT2D eigenvalue weighted by molar-refractivity contribution is 6.02. The van der Waals surface area contributed by atoms with Crippen LogP contribution in [0.15, 0.2) is 23.8 Å². The number of Topliss-reactive ketones (excluding diaryl/α,β-unsaturated/α-hetero) is 2. The largest absolute Gasteiger partial charge is 0.328 e. The van der Waals surface area contributed by atoms with Crippen LogP contribution >= 0.6 is 0 Å². The Kier molecular flexibility index (Phi) is 4.58. The average Bonchev–Trinajstić information content (AvgIpc) is 2.98. The lowest BCUT2D eigenvalue weighted by atomic mass is 9.46. The Labute approximate surface area is 183 Å². The molecule has 0 aromatic rings.